The number of carbonyl (C=O) groups excluding carboxylic acids is 1. The summed E-state index contributed by atoms with van der Waals surface area (Å²) in [6.45, 7) is 8.35. The number of likely N-dealkylation sites (tertiary alicyclic amines) is 1. The first-order valence-corrected chi connectivity index (χ1v) is 8.85. The van der Waals surface area contributed by atoms with Crippen LogP contribution >= 0.6 is 0 Å². The average molecular weight is 317 g/mol. The highest BCUT2D eigenvalue weighted by molar-refractivity contribution is 5.82. The normalized spacial score (nSPS) is 24.9. The first-order chi connectivity index (χ1) is 11.0. The predicted molar refractivity (Wildman–Crippen MR) is 94.9 cm³/mol. The van der Waals surface area contributed by atoms with Gasteiger partial charge >= 0.3 is 0 Å². The Morgan fingerprint density at radius 3 is 2.70 bits per heavy atom. The summed E-state index contributed by atoms with van der Waals surface area (Å²) in [5.74, 6) is 0.235. The first kappa shape index (κ1) is 18.0. The summed E-state index contributed by atoms with van der Waals surface area (Å²) in [6.07, 6.45) is 2.92. The van der Waals surface area contributed by atoms with Crippen molar-refractivity contribution < 1.29 is 4.79 Å². The van der Waals surface area contributed by atoms with Gasteiger partial charge in [0.25, 0.3) is 0 Å². The lowest BCUT2D eigenvalue weighted by atomic mass is 9.95. The molecule has 0 aromatic heterocycles. The second kappa shape index (κ2) is 8.46. The van der Waals surface area contributed by atoms with E-state index in [-0.39, 0.29) is 17.9 Å². The SMILES string of the molecule is CCC(C)C(N)C(=O)NC1CCN(Cc2ccccc2)C(C)C1. The molecular formula is C19H31N3O. The van der Waals surface area contributed by atoms with Crippen molar-refractivity contribution in [2.45, 2.75) is 64.7 Å². The molecule has 2 rings (SSSR count). The van der Waals surface area contributed by atoms with E-state index in [9.17, 15) is 4.79 Å². The third kappa shape index (κ3) is 5.05. The standard InChI is InChI=1S/C19H31N3O/c1-4-14(2)18(20)19(23)21-17-10-11-22(15(3)12-17)13-16-8-6-5-7-9-16/h5-9,14-15,17-18H,4,10-13,20H2,1-3H3,(H,21,23). The Hall–Kier alpha value is -1.39. The minimum Gasteiger partial charge on any atom is -0.352 e. The van der Waals surface area contributed by atoms with E-state index in [0.29, 0.717) is 6.04 Å². The monoisotopic (exact) mass is 317 g/mol. The Bertz CT molecular complexity index is 491. The van der Waals surface area contributed by atoms with Crippen molar-refractivity contribution in [3.8, 4) is 0 Å². The predicted octanol–water partition coefficient (Wildman–Crippen LogP) is 2.53. The first-order valence-electron chi connectivity index (χ1n) is 8.85. The molecule has 0 aliphatic carbocycles. The van der Waals surface area contributed by atoms with Crippen LogP contribution in [0.4, 0.5) is 0 Å². The van der Waals surface area contributed by atoms with Gasteiger partial charge in [0.05, 0.1) is 6.04 Å². The molecule has 1 heterocycles. The fourth-order valence-electron chi connectivity index (χ4n) is 3.21. The number of nitrogens with one attached hydrogen (secondary N) is 1. The molecule has 1 aliphatic rings. The Morgan fingerprint density at radius 2 is 2.09 bits per heavy atom. The Kier molecular flexibility index (Phi) is 6.60. The third-order valence-electron chi connectivity index (χ3n) is 5.15. The number of nitrogens with two attached hydrogens (primary N) is 1. The summed E-state index contributed by atoms with van der Waals surface area (Å²) in [5.41, 5.74) is 7.38. The van der Waals surface area contributed by atoms with E-state index in [1.165, 1.54) is 5.56 Å². The Labute approximate surface area is 140 Å². The number of benzene rings is 1. The van der Waals surface area contributed by atoms with Gasteiger partial charge < -0.3 is 11.1 Å². The van der Waals surface area contributed by atoms with Gasteiger partial charge in [-0.25, -0.2) is 0 Å². The minimum absolute atomic E-state index is 0.00746. The van der Waals surface area contributed by atoms with Gasteiger partial charge in [0.15, 0.2) is 0 Å². The van der Waals surface area contributed by atoms with Crippen LogP contribution in [0.15, 0.2) is 30.3 Å². The van der Waals surface area contributed by atoms with Gasteiger partial charge in [-0.15, -0.1) is 0 Å². The van der Waals surface area contributed by atoms with E-state index in [0.717, 1.165) is 32.4 Å². The van der Waals surface area contributed by atoms with Crippen molar-refractivity contribution in [1.82, 2.24) is 10.2 Å². The van der Waals surface area contributed by atoms with Crippen LogP contribution in [0.25, 0.3) is 0 Å². The highest BCUT2D eigenvalue weighted by Crippen LogP contribution is 2.20. The molecule has 4 atom stereocenters. The molecule has 1 aromatic carbocycles. The lowest BCUT2D eigenvalue weighted by Crippen LogP contribution is -2.53. The van der Waals surface area contributed by atoms with Crippen LogP contribution in [0.3, 0.4) is 0 Å². The average Bonchev–Trinajstić information content (AvgIpc) is 2.56. The van der Waals surface area contributed by atoms with E-state index in [2.05, 4.69) is 54.4 Å². The van der Waals surface area contributed by atoms with Crippen LogP contribution in [-0.2, 0) is 11.3 Å². The number of amides is 1. The lowest BCUT2D eigenvalue weighted by molar-refractivity contribution is -0.124. The number of carbonyl (C=O) groups is 1. The molecule has 0 saturated carbocycles. The number of hydrogen-bond donors (Lipinski definition) is 2. The highest BCUT2D eigenvalue weighted by Gasteiger charge is 2.28. The molecule has 1 saturated heterocycles. The number of nitrogens with zero attached hydrogens (tertiary/aromatic N) is 1. The van der Waals surface area contributed by atoms with E-state index in [1.54, 1.807) is 0 Å². The topological polar surface area (TPSA) is 58.4 Å². The van der Waals surface area contributed by atoms with E-state index >= 15 is 0 Å². The largest absolute Gasteiger partial charge is 0.352 e. The molecule has 0 bridgehead atoms. The molecular weight excluding hydrogens is 286 g/mol. The molecule has 1 aliphatic heterocycles. The second-order valence-electron chi connectivity index (χ2n) is 6.95. The zero-order chi connectivity index (χ0) is 16.8. The van der Waals surface area contributed by atoms with Gasteiger partial charge in [-0.05, 0) is 31.2 Å². The zero-order valence-electron chi connectivity index (χ0n) is 14.7. The fourth-order valence-corrected chi connectivity index (χ4v) is 3.21. The van der Waals surface area contributed by atoms with Gasteiger partial charge in [-0.3, -0.25) is 9.69 Å². The Morgan fingerprint density at radius 1 is 1.39 bits per heavy atom. The minimum atomic E-state index is -0.391. The summed E-state index contributed by atoms with van der Waals surface area (Å²) in [7, 11) is 0. The molecule has 3 N–H and O–H groups in total. The van der Waals surface area contributed by atoms with Crippen LogP contribution in [-0.4, -0.2) is 35.5 Å². The lowest BCUT2D eigenvalue weighted by Gasteiger charge is -2.38. The number of piperidine rings is 1. The molecule has 4 heteroatoms. The molecule has 0 spiro atoms. The van der Waals surface area contributed by atoms with Gasteiger partial charge in [-0.1, -0.05) is 50.6 Å². The smallest absolute Gasteiger partial charge is 0.237 e. The van der Waals surface area contributed by atoms with Crippen LogP contribution in [0.1, 0.15) is 45.6 Å². The van der Waals surface area contributed by atoms with Crippen LogP contribution < -0.4 is 11.1 Å². The summed E-state index contributed by atoms with van der Waals surface area (Å²) in [5, 5.41) is 3.16. The van der Waals surface area contributed by atoms with Crippen LogP contribution in [0.5, 0.6) is 0 Å². The summed E-state index contributed by atoms with van der Waals surface area (Å²) in [4.78, 5) is 14.7. The van der Waals surface area contributed by atoms with Crippen molar-refractivity contribution in [1.29, 1.82) is 0 Å². The summed E-state index contributed by atoms with van der Waals surface area (Å²) in [6, 6.07) is 10.9. The third-order valence-corrected chi connectivity index (χ3v) is 5.15. The maximum absolute atomic E-state index is 12.2. The summed E-state index contributed by atoms with van der Waals surface area (Å²) >= 11 is 0. The van der Waals surface area contributed by atoms with Gasteiger partial charge in [0.1, 0.15) is 0 Å². The molecule has 128 valence electrons. The van der Waals surface area contributed by atoms with Crippen molar-refractivity contribution in [2.24, 2.45) is 11.7 Å². The van der Waals surface area contributed by atoms with Crippen LogP contribution in [0, 0.1) is 5.92 Å². The highest BCUT2D eigenvalue weighted by atomic mass is 16.2. The van der Waals surface area contributed by atoms with Crippen molar-refractivity contribution in [2.75, 3.05) is 6.54 Å². The maximum Gasteiger partial charge on any atom is 0.237 e. The quantitative estimate of drug-likeness (QED) is 0.847. The summed E-state index contributed by atoms with van der Waals surface area (Å²) < 4.78 is 0. The zero-order valence-corrected chi connectivity index (χ0v) is 14.7. The van der Waals surface area contributed by atoms with Gasteiger partial charge in [0.2, 0.25) is 5.91 Å². The number of rotatable bonds is 6. The van der Waals surface area contributed by atoms with Crippen molar-refractivity contribution in [3.05, 3.63) is 35.9 Å². The van der Waals surface area contributed by atoms with E-state index < -0.39 is 6.04 Å². The molecule has 1 fully saturated rings. The molecule has 4 unspecified atom stereocenters. The fraction of sp³-hybridized carbons (Fsp3) is 0.632. The molecule has 1 amide bonds. The number of hydrogen-bond acceptors (Lipinski definition) is 3. The van der Waals surface area contributed by atoms with Gasteiger partial charge in [0, 0.05) is 25.2 Å². The van der Waals surface area contributed by atoms with E-state index in [4.69, 9.17) is 5.73 Å². The van der Waals surface area contributed by atoms with Gasteiger partial charge in [-0.2, -0.15) is 0 Å². The molecule has 1 aromatic rings. The Balaban J connectivity index is 1.83. The molecule has 23 heavy (non-hydrogen) atoms. The van der Waals surface area contributed by atoms with E-state index in [1.807, 2.05) is 6.92 Å². The maximum atomic E-state index is 12.2. The van der Waals surface area contributed by atoms with Crippen LogP contribution in [0.2, 0.25) is 0 Å². The molecule has 0 radical (unpaired) electrons. The van der Waals surface area contributed by atoms with Crippen molar-refractivity contribution >= 4 is 5.91 Å². The molecule has 4 nitrogen and oxygen atoms in total. The second-order valence-corrected chi connectivity index (χ2v) is 6.95. The van der Waals surface area contributed by atoms with Crippen molar-refractivity contribution in [3.63, 3.8) is 0 Å².